The number of aromatic nitrogens is 2. The van der Waals surface area contributed by atoms with Crippen LogP contribution in [0.1, 0.15) is 11.3 Å². The average molecular weight is 342 g/mol. The second-order valence-corrected chi connectivity index (χ2v) is 5.48. The molecule has 6 nitrogen and oxygen atoms in total. The Balaban J connectivity index is 1.76. The molecule has 0 spiro atoms. The molecule has 0 unspecified atom stereocenters. The van der Waals surface area contributed by atoms with E-state index in [1.54, 1.807) is 12.1 Å². The number of carbonyl (C=O) groups is 1. The normalized spacial score (nSPS) is 11.1. The van der Waals surface area contributed by atoms with Gasteiger partial charge in [0.2, 0.25) is 5.88 Å². The van der Waals surface area contributed by atoms with E-state index in [2.05, 4.69) is 20.5 Å². The van der Waals surface area contributed by atoms with Crippen molar-refractivity contribution in [1.29, 1.82) is 0 Å². The molecule has 7 heteroatoms. The van der Waals surface area contributed by atoms with Gasteiger partial charge in [0.1, 0.15) is 0 Å². The van der Waals surface area contributed by atoms with Crippen molar-refractivity contribution in [2.45, 2.75) is 12.1 Å². The highest BCUT2D eigenvalue weighted by molar-refractivity contribution is 7.98. The Labute approximate surface area is 145 Å². The molecule has 24 heavy (non-hydrogen) atoms. The number of carbonyl (C=O) groups excluding carboxylic acids is 1. The van der Waals surface area contributed by atoms with E-state index in [1.807, 2.05) is 49.6 Å². The van der Waals surface area contributed by atoms with E-state index < -0.39 is 0 Å². The summed E-state index contributed by atoms with van der Waals surface area (Å²) in [5.41, 5.74) is 4.23. The summed E-state index contributed by atoms with van der Waals surface area (Å²) >= 11 is 1.41. The van der Waals surface area contributed by atoms with Gasteiger partial charge in [-0.3, -0.25) is 4.79 Å². The molecular formula is C17H18N4O2S. The molecule has 2 aromatic rings. The Kier molecular flexibility index (Phi) is 6.97. The number of rotatable bonds is 7. The van der Waals surface area contributed by atoms with Gasteiger partial charge in [-0.15, -0.1) is 0 Å². The highest BCUT2D eigenvalue weighted by Crippen LogP contribution is 2.15. The van der Waals surface area contributed by atoms with Gasteiger partial charge in [0, 0.05) is 18.0 Å². The van der Waals surface area contributed by atoms with E-state index >= 15 is 0 Å². The van der Waals surface area contributed by atoms with Crippen LogP contribution in [-0.4, -0.2) is 35.0 Å². The molecule has 0 fully saturated rings. The molecule has 0 saturated heterocycles. The minimum Gasteiger partial charge on any atom is -0.467 e. The van der Waals surface area contributed by atoms with Crippen molar-refractivity contribution < 1.29 is 9.53 Å². The molecule has 1 amide bonds. The van der Waals surface area contributed by atoms with E-state index in [0.29, 0.717) is 11.0 Å². The molecule has 0 aliphatic heterocycles. The van der Waals surface area contributed by atoms with Crippen molar-refractivity contribution in [1.82, 2.24) is 15.4 Å². The third-order valence-corrected chi connectivity index (χ3v) is 3.33. The number of hydrogen-bond donors (Lipinski definition) is 1. The zero-order valence-corrected chi connectivity index (χ0v) is 14.3. The fraction of sp³-hybridized carbons (Fsp3) is 0.176. The molecule has 1 heterocycles. The Bertz CT molecular complexity index is 733. The summed E-state index contributed by atoms with van der Waals surface area (Å²) in [6.07, 6.45) is 7.02. The molecule has 0 aliphatic rings. The SMILES string of the molecule is CSc1nc(C)cc(OCC(=O)N/N=C/C=C/c2ccccc2)n1. The quantitative estimate of drug-likeness (QED) is 0.362. The van der Waals surface area contributed by atoms with Crippen LogP contribution in [0, 0.1) is 6.92 Å². The maximum absolute atomic E-state index is 11.7. The van der Waals surface area contributed by atoms with Gasteiger partial charge in [0.15, 0.2) is 11.8 Å². The van der Waals surface area contributed by atoms with Crippen molar-refractivity contribution in [3.63, 3.8) is 0 Å². The summed E-state index contributed by atoms with van der Waals surface area (Å²) in [4.78, 5) is 20.0. The molecule has 1 N–H and O–H groups in total. The molecule has 0 bridgehead atoms. The number of thioether (sulfide) groups is 1. The van der Waals surface area contributed by atoms with E-state index in [-0.39, 0.29) is 12.5 Å². The van der Waals surface area contributed by atoms with Gasteiger partial charge in [-0.25, -0.2) is 10.4 Å². The summed E-state index contributed by atoms with van der Waals surface area (Å²) < 4.78 is 5.35. The van der Waals surface area contributed by atoms with Gasteiger partial charge in [-0.1, -0.05) is 48.2 Å². The van der Waals surface area contributed by atoms with Crippen LogP contribution in [0.25, 0.3) is 6.08 Å². The predicted molar refractivity (Wildman–Crippen MR) is 96.2 cm³/mol. The molecule has 0 saturated carbocycles. The molecule has 0 aliphatic carbocycles. The smallest absolute Gasteiger partial charge is 0.278 e. The zero-order chi connectivity index (χ0) is 17.2. The molecule has 0 radical (unpaired) electrons. The predicted octanol–water partition coefficient (Wildman–Crippen LogP) is 2.70. The van der Waals surface area contributed by atoms with Crippen LogP contribution in [0.5, 0.6) is 5.88 Å². The maximum Gasteiger partial charge on any atom is 0.278 e. The van der Waals surface area contributed by atoms with Gasteiger partial charge in [-0.05, 0) is 24.8 Å². The fourth-order valence-corrected chi connectivity index (χ4v) is 2.14. The van der Waals surface area contributed by atoms with Crippen LogP contribution in [0.2, 0.25) is 0 Å². The van der Waals surface area contributed by atoms with Gasteiger partial charge >= 0.3 is 0 Å². The number of aryl methyl sites for hydroxylation is 1. The number of amides is 1. The van der Waals surface area contributed by atoms with Gasteiger partial charge in [-0.2, -0.15) is 10.1 Å². The first kappa shape index (κ1) is 17.7. The summed E-state index contributed by atoms with van der Waals surface area (Å²) in [6, 6.07) is 11.5. The van der Waals surface area contributed by atoms with Crippen molar-refractivity contribution in [3.05, 3.63) is 53.7 Å². The standard InChI is InChI=1S/C17H18N4O2S/c1-13-11-16(20-17(19-13)24-2)23-12-15(22)21-18-10-6-9-14-7-4-3-5-8-14/h3-11H,12H2,1-2H3,(H,21,22)/b9-6+,18-10+. The number of nitrogens with one attached hydrogen (secondary N) is 1. The molecule has 124 valence electrons. The third-order valence-electron chi connectivity index (χ3n) is 2.78. The maximum atomic E-state index is 11.7. The zero-order valence-electron chi connectivity index (χ0n) is 13.5. The first-order valence-electron chi connectivity index (χ1n) is 7.23. The Hall–Kier alpha value is -2.67. The number of nitrogens with zero attached hydrogens (tertiary/aromatic N) is 3. The minimum atomic E-state index is -0.360. The number of hydrazone groups is 1. The minimum absolute atomic E-state index is 0.163. The fourth-order valence-electron chi connectivity index (χ4n) is 1.72. The van der Waals surface area contributed by atoms with Crippen LogP contribution in [0.3, 0.4) is 0 Å². The molecule has 0 atom stereocenters. The molecule has 1 aromatic heterocycles. The highest BCUT2D eigenvalue weighted by Gasteiger charge is 2.05. The second-order valence-electron chi connectivity index (χ2n) is 4.71. The number of benzene rings is 1. The van der Waals surface area contributed by atoms with Crippen LogP contribution < -0.4 is 10.2 Å². The van der Waals surface area contributed by atoms with E-state index in [4.69, 9.17) is 4.74 Å². The molecular weight excluding hydrogens is 324 g/mol. The van der Waals surface area contributed by atoms with Crippen LogP contribution >= 0.6 is 11.8 Å². The van der Waals surface area contributed by atoms with Crippen molar-refractivity contribution in [3.8, 4) is 5.88 Å². The van der Waals surface area contributed by atoms with Gasteiger partial charge < -0.3 is 4.74 Å². The summed E-state index contributed by atoms with van der Waals surface area (Å²) in [7, 11) is 0. The van der Waals surface area contributed by atoms with Crippen LogP contribution in [-0.2, 0) is 4.79 Å². The van der Waals surface area contributed by atoms with Crippen LogP contribution in [0.15, 0.2) is 52.7 Å². The number of hydrogen-bond acceptors (Lipinski definition) is 6. The van der Waals surface area contributed by atoms with E-state index in [1.165, 1.54) is 18.0 Å². The topological polar surface area (TPSA) is 76.5 Å². The van der Waals surface area contributed by atoms with E-state index in [9.17, 15) is 4.79 Å². The van der Waals surface area contributed by atoms with Gasteiger partial charge in [0.25, 0.3) is 5.91 Å². The van der Waals surface area contributed by atoms with Crippen molar-refractivity contribution in [2.75, 3.05) is 12.9 Å². The lowest BCUT2D eigenvalue weighted by Gasteiger charge is -2.05. The largest absolute Gasteiger partial charge is 0.467 e. The Morgan fingerprint density at radius 3 is 2.88 bits per heavy atom. The Morgan fingerprint density at radius 1 is 1.33 bits per heavy atom. The monoisotopic (exact) mass is 342 g/mol. The first-order chi connectivity index (χ1) is 11.7. The lowest BCUT2D eigenvalue weighted by molar-refractivity contribution is -0.123. The second kappa shape index (κ2) is 9.46. The Morgan fingerprint density at radius 2 is 2.12 bits per heavy atom. The van der Waals surface area contributed by atoms with Gasteiger partial charge in [0.05, 0.1) is 0 Å². The lowest BCUT2D eigenvalue weighted by Crippen LogP contribution is -2.24. The van der Waals surface area contributed by atoms with Crippen molar-refractivity contribution in [2.24, 2.45) is 5.10 Å². The lowest BCUT2D eigenvalue weighted by atomic mass is 10.2. The number of allylic oxidation sites excluding steroid dienone is 1. The molecule has 2 rings (SSSR count). The highest BCUT2D eigenvalue weighted by atomic mass is 32.2. The summed E-state index contributed by atoms with van der Waals surface area (Å²) in [5, 5.41) is 4.43. The van der Waals surface area contributed by atoms with E-state index in [0.717, 1.165) is 11.3 Å². The number of ether oxygens (including phenoxy) is 1. The summed E-state index contributed by atoms with van der Waals surface area (Å²) in [6.45, 7) is 1.68. The van der Waals surface area contributed by atoms with Crippen molar-refractivity contribution >= 4 is 30.0 Å². The summed E-state index contributed by atoms with van der Waals surface area (Å²) in [5.74, 6) is 0.0104. The molecule has 1 aromatic carbocycles. The first-order valence-corrected chi connectivity index (χ1v) is 8.46. The van der Waals surface area contributed by atoms with Crippen LogP contribution in [0.4, 0.5) is 0 Å². The third kappa shape index (κ3) is 6.21. The average Bonchev–Trinajstić information content (AvgIpc) is 2.60.